The van der Waals surface area contributed by atoms with Crippen molar-refractivity contribution in [3.8, 4) is 11.5 Å². The summed E-state index contributed by atoms with van der Waals surface area (Å²) in [5, 5.41) is 1.28. The quantitative estimate of drug-likeness (QED) is 0.678. The largest absolute Gasteiger partial charge is 0.456 e. The maximum atomic E-state index is 13.0. The van der Waals surface area contributed by atoms with Crippen LogP contribution < -0.4 is 4.74 Å². The molecule has 0 radical (unpaired) electrons. The van der Waals surface area contributed by atoms with Crippen molar-refractivity contribution in [1.82, 2.24) is 0 Å². The molecule has 94 valence electrons. The Morgan fingerprint density at radius 1 is 1.17 bits per heavy atom. The summed E-state index contributed by atoms with van der Waals surface area (Å²) in [4.78, 5) is 0. The average molecular weight is 330 g/mol. The fourth-order valence-electron chi connectivity index (χ4n) is 1.56. The molecule has 0 atom stereocenters. The van der Waals surface area contributed by atoms with Crippen LogP contribution in [0.4, 0.5) is 4.39 Å². The van der Waals surface area contributed by atoms with Gasteiger partial charge in [-0.2, -0.15) is 0 Å². The van der Waals surface area contributed by atoms with E-state index >= 15 is 0 Å². The van der Waals surface area contributed by atoms with Gasteiger partial charge < -0.3 is 4.74 Å². The highest BCUT2D eigenvalue weighted by Crippen LogP contribution is 2.32. The van der Waals surface area contributed by atoms with Crippen LogP contribution in [-0.2, 0) is 5.33 Å². The van der Waals surface area contributed by atoms with Crippen LogP contribution >= 0.6 is 27.5 Å². The third-order valence-corrected chi connectivity index (χ3v) is 3.45. The monoisotopic (exact) mass is 328 g/mol. The normalized spacial score (nSPS) is 10.4. The second kappa shape index (κ2) is 5.72. The van der Waals surface area contributed by atoms with Gasteiger partial charge in [0.25, 0.3) is 0 Å². The van der Waals surface area contributed by atoms with Crippen LogP contribution in [0.3, 0.4) is 0 Å². The first-order valence-corrected chi connectivity index (χ1v) is 6.88. The number of hydrogen-bond donors (Lipinski definition) is 0. The average Bonchev–Trinajstić information content (AvgIpc) is 2.34. The summed E-state index contributed by atoms with van der Waals surface area (Å²) in [6, 6.07) is 9.96. The maximum absolute atomic E-state index is 13.0. The Labute approximate surface area is 119 Å². The van der Waals surface area contributed by atoms with E-state index in [-0.39, 0.29) is 5.82 Å². The van der Waals surface area contributed by atoms with Crippen molar-refractivity contribution >= 4 is 27.5 Å². The Morgan fingerprint density at radius 3 is 2.50 bits per heavy atom. The number of aryl methyl sites for hydroxylation is 1. The minimum atomic E-state index is -0.277. The molecular weight excluding hydrogens is 319 g/mol. The second-order valence-corrected chi connectivity index (χ2v) is 4.88. The van der Waals surface area contributed by atoms with Gasteiger partial charge in [0, 0.05) is 5.33 Å². The Bertz CT molecular complexity index is 572. The van der Waals surface area contributed by atoms with E-state index in [2.05, 4.69) is 15.9 Å². The Balaban J connectivity index is 2.28. The lowest BCUT2D eigenvalue weighted by Gasteiger charge is -2.10. The first-order chi connectivity index (χ1) is 8.60. The smallest absolute Gasteiger partial charge is 0.146 e. The van der Waals surface area contributed by atoms with E-state index in [9.17, 15) is 4.39 Å². The molecule has 2 aromatic rings. The topological polar surface area (TPSA) is 9.23 Å². The molecule has 0 aliphatic carbocycles. The van der Waals surface area contributed by atoms with E-state index < -0.39 is 0 Å². The SMILES string of the molecule is Cc1cc(F)ccc1Oc1ccc(CBr)cc1Cl. The van der Waals surface area contributed by atoms with Gasteiger partial charge in [0.1, 0.15) is 17.3 Å². The summed E-state index contributed by atoms with van der Waals surface area (Å²) < 4.78 is 18.7. The molecule has 0 N–H and O–H groups in total. The molecule has 0 saturated carbocycles. The minimum Gasteiger partial charge on any atom is -0.456 e. The molecule has 18 heavy (non-hydrogen) atoms. The lowest BCUT2D eigenvalue weighted by molar-refractivity contribution is 0.476. The third kappa shape index (κ3) is 3.03. The fourth-order valence-corrected chi connectivity index (χ4v) is 2.15. The third-order valence-electron chi connectivity index (χ3n) is 2.51. The molecule has 0 heterocycles. The van der Waals surface area contributed by atoms with Crippen molar-refractivity contribution in [3.63, 3.8) is 0 Å². The maximum Gasteiger partial charge on any atom is 0.146 e. The Hall–Kier alpha value is -1.06. The van der Waals surface area contributed by atoms with E-state index in [4.69, 9.17) is 16.3 Å². The first-order valence-electron chi connectivity index (χ1n) is 5.38. The van der Waals surface area contributed by atoms with Gasteiger partial charge in [-0.3, -0.25) is 0 Å². The molecule has 4 heteroatoms. The van der Waals surface area contributed by atoms with Crippen LogP contribution in [-0.4, -0.2) is 0 Å². The molecule has 0 aromatic heterocycles. The van der Waals surface area contributed by atoms with E-state index in [1.165, 1.54) is 12.1 Å². The van der Waals surface area contributed by atoms with Crippen LogP contribution in [0.2, 0.25) is 5.02 Å². The molecule has 0 bridgehead atoms. The summed E-state index contributed by atoms with van der Waals surface area (Å²) in [6.07, 6.45) is 0. The Kier molecular flexibility index (Phi) is 4.25. The molecule has 2 rings (SSSR count). The number of benzene rings is 2. The van der Waals surface area contributed by atoms with Crippen molar-refractivity contribution in [3.05, 3.63) is 58.4 Å². The fraction of sp³-hybridized carbons (Fsp3) is 0.143. The van der Waals surface area contributed by atoms with Crippen LogP contribution in [0.15, 0.2) is 36.4 Å². The van der Waals surface area contributed by atoms with Gasteiger partial charge in [0.05, 0.1) is 5.02 Å². The lowest BCUT2D eigenvalue weighted by atomic mass is 10.2. The van der Waals surface area contributed by atoms with Crippen molar-refractivity contribution in [2.24, 2.45) is 0 Å². The predicted octanol–water partition coefficient (Wildman–Crippen LogP) is 5.47. The van der Waals surface area contributed by atoms with E-state index in [1.54, 1.807) is 13.0 Å². The van der Waals surface area contributed by atoms with Gasteiger partial charge in [-0.1, -0.05) is 33.6 Å². The van der Waals surface area contributed by atoms with Crippen LogP contribution in [0, 0.1) is 12.7 Å². The standard InChI is InChI=1S/C14H11BrClFO/c1-9-6-11(17)3-5-13(9)18-14-4-2-10(8-15)7-12(14)16/h2-7H,8H2,1H3. The number of rotatable bonds is 3. The zero-order chi connectivity index (χ0) is 13.1. The van der Waals surface area contributed by atoms with Crippen molar-refractivity contribution < 1.29 is 9.13 Å². The molecule has 1 nitrogen and oxygen atoms in total. The van der Waals surface area contributed by atoms with Gasteiger partial charge in [0.2, 0.25) is 0 Å². The van der Waals surface area contributed by atoms with Gasteiger partial charge in [-0.05, 0) is 48.4 Å². The summed E-state index contributed by atoms with van der Waals surface area (Å²) in [7, 11) is 0. The summed E-state index contributed by atoms with van der Waals surface area (Å²) in [5.41, 5.74) is 1.80. The summed E-state index contributed by atoms with van der Waals surface area (Å²) in [5.74, 6) is 0.890. The van der Waals surface area contributed by atoms with Gasteiger partial charge in [-0.25, -0.2) is 4.39 Å². The zero-order valence-corrected chi connectivity index (χ0v) is 12.1. The lowest BCUT2D eigenvalue weighted by Crippen LogP contribution is -1.90. The first kappa shape index (κ1) is 13.4. The minimum absolute atomic E-state index is 0.277. The molecule has 0 saturated heterocycles. The molecule has 0 aliphatic rings. The summed E-state index contributed by atoms with van der Waals surface area (Å²) >= 11 is 9.48. The molecule has 2 aromatic carbocycles. The molecule has 0 spiro atoms. The van der Waals surface area contributed by atoms with E-state index in [1.807, 2.05) is 18.2 Å². The number of hydrogen-bond acceptors (Lipinski definition) is 1. The highest BCUT2D eigenvalue weighted by atomic mass is 79.9. The molecule has 0 amide bonds. The highest BCUT2D eigenvalue weighted by molar-refractivity contribution is 9.08. The van der Waals surface area contributed by atoms with Crippen molar-refractivity contribution in [2.75, 3.05) is 0 Å². The van der Waals surface area contributed by atoms with Crippen LogP contribution in [0.1, 0.15) is 11.1 Å². The van der Waals surface area contributed by atoms with Crippen molar-refractivity contribution in [2.45, 2.75) is 12.3 Å². The zero-order valence-electron chi connectivity index (χ0n) is 9.71. The number of halogens is 3. The van der Waals surface area contributed by atoms with Gasteiger partial charge in [0.15, 0.2) is 0 Å². The Morgan fingerprint density at radius 2 is 1.89 bits per heavy atom. The van der Waals surface area contributed by atoms with Gasteiger partial charge in [-0.15, -0.1) is 0 Å². The number of alkyl halides is 1. The highest BCUT2D eigenvalue weighted by Gasteiger charge is 2.07. The molecule has 0 unspecified atom stereocenters. The molecule has 0 aliphatic heterocycles. The molecule has 0 fully saturated rings. The number of ether oxygens (including phenoxy) is 1. The predicted molar refractivity (Wildman–Crippen MR) is 75.3 cm³/mol. The van der Waals surface area contributed by atoms with Gasteiger partial charge >= 0.3 is 0 Å². The molecular formula is C14H11BrClFO. The van der Waals surface area contributed by atoms with Crippen LogP contribution in [0.25, 0.3) is 0 Å². The van der Waals surface area contributed by atoms with E-state index in [0.29, 0.717) is 16.5 Å². The van der Waals surface area contributed by atoms with Crippen LogP contribution in [0.5, 0.6) is 11.5 Å². The van der Waals surface area contributed by atoms with Crippen molar-refractivity contribution in [1.29, 1.82) is 0 Å². The summed E-state index contributed by atoms with van der Waals surface area (Å²) in [6.45, 7) is 1.79. The second-order valence-electron chi connectivity index (χ2n) is 3.91. The van der Waals surface area contributed by atoms with E-state index in [0.717, 1.165) is 16.5 Å².